The molecule has 84 valence electrons. The zero-order valence-electron chi connectivity index (χ0n) is 8.83. The average Bonchev–Trinajstić information content (AvgIpc) is 2.21. The Hall–Kier alpha value is -0.680. The van der Waals surface area contributed by atoms with Crippen LogP contribution >= 0.6 is 23.4 Å². The summed E-state index contributed by atoms with van der Waals surface area (Å²) < 4.78 is 0. The molecule has 15 heavy (non-hydrogen) atoms. The van der Waals surface area contributed by atoms with E-state index in [1.54, 1.807) is 0 Å². The fourth-order valence-corrected chi connectivity index (χ4v) is 1.95. The Morgan fingerprint density at radius 3 is 3.00 bits per heavy atom. The third-order valence-corrected chi connectivity index (χ3v) is 3.11. The molecular weight excluding hydrogens is 232 g/mol. The molecule has 0 aliphatic rings. The second kappa shape index (κ2) is 6.02. The maximum Gasteiger partial charge on any atom is 0.157 e. The predicted octanol–water partition coefficient (Wildman–Crippen LogP) is 2.12. The number of hydrogen-bond donors (Lipinski definition) is 2. The Morgan fingerprint density at radius 2 is 2.33 bits per heavy atom. The van der Waals surface area contributed by atoms with Crippen molar-refractivity contribution in [2.45, 2.75) is 6.92 Å². The number of nitrogen functional groups attached to an aromatic ring is 1. The van der Waals surface area contributed by atoms with Crippen LogP contribution in [0.15, 0.2) is 6.33 Å². The molecule has 1 aromatic rings. The van der Waals surface area contributed by atoms with E-state index in [9.17, 15) is 0 Å². The fourth-order valence-electron chi connectivity index (χ4n) is 1.13. The maximum atomic E-state index is 5.77. The molecule has 1 unspecified atom stereocenters. The van der Waals surface area contributed by atoms with Crippen LogP contribution in [0.3, 0.4) is 0 Å². The SMILES string of the molecule is CSCC(C)CNc1ncnc(Cl)c1N. The van der Waals surface area contributed by atoms with Gasteiger partial charge in [0, 0.05) is 6.54 Å². The molecule has 1 atom stereocenters. The molecule has 0 amide bonds. The molecule has 0 aliphatic heterocycles. The van der Waals surface area contributed by atoms with Crippen molar-refractivity contribution < 1.29 is 0 Å². The summed E-state index contributed by atoms with van der Waals surface area (Å²) in [7, 11) is 0. The van der Waals surface area contributed by atoms with Gasteiger partial charge in [-0.15, -0.1) is 0 Å². The van der Waals surface area contributed by atoms with Gasteiger partial charge in [-0.1, -0.05) is 18.5 Å². The van der Waals surface area contributed by atoms with Crippen molar-refractivity contribution >= 4 is 34.9 Å². The topological polar surface area (TPSA) is 63.8 Å². The van der Waals surface area contributed by atoms with Crippen LogP contribution in [0.4, 0.5) is 11.5 Å². The number of rotatable bonds is 5. The van der Waals surface area contributed by atoms with Crippen LogP contribution in [0.25, 0.3) is 0 Å². The molecular formula is C9H15ClN4S. The Bertz CT molecular complexity index is 321. The van der Waals surface area contributed by atoms with Gasteiger partial charge in [-0.25, -0.2) is 9.97 Å². The van der Waals surface area contributed by atoms with Crippen LogP contribution in [0.5, 0.6) is 0 Å². The smallest absolute Gasteiger partial charge is 0.157 e. The summed E-state index contributed by atoms with van der Waals surface area (Å²) in [6, 6.07) is 0. The Kier molecular flexibility index (Phi) is 4.98. The standard InChI is InChI=1S/C9H15ClN4S/c1-6(4-15-2)3-12-9-7(11)8(10)13-5-14-9/h5-6H,3-4,11H2,1-2H3,(H,12,13,14). The van der Waals surface area contributed by atoms with E-state index >= 15 is 0 Å². The Labute approximate surface area is 99.0 Å². The van der Waals surface area contributed by atoms with Gasteiger partial charge in [0.1, 0.15) is 12.0 Å². The lowest BCUT2D eigenvalue weighted by atomic mass is 10.2. The summed E-state index contributed by atoms with van der Waals surface area (Å²) >= 11 is 7.59. The molecule has 3 N–H and O–H groups in total. The zero-order chi connectivity index (χ0) is 11.3. The molecule has 6 heteroatoms. The van der Waals surface area contributed by atoms with E-state index in [2.05, 4.69) is 28.5 Å². The van der Waals surface area contributed by atoms with E-state index in [-0.39, 0.29) is 0 Å². The second-order valence-electron chi connectivity index (χ2n) is 3.37. The first-order valence-electron chi connectivity index (χ1n) is 4.64. The minimum Gasteiger partial charge on any atom is -0.393 e. The molecule has 4 nitrogen and oxygen atoms in total. The number of nitrogens with one attached hydrogen (secondary N) is 1. The molecule has 0 bridgehead atoms. The first-order chi connectivity index (χ1) is 7.15. The first-order valence-corrected chi connectivity index (χ1v) is 6.41. The van der Waals surface area contributed by atoms with Crippen molar-refractivity contribution in [2.75, 3.05) is 29.6 Å². The molecule has 0 fully saturated rings. The number of nitrogens with zero attached hydrogens (tertiary/aromatic N) is 2. The number of thioether (sulfide) groups is 1. The van der Waals surface area contributed by atoms with Crippen LogP contribution in [0, 0.1) is 5.92 Å². The van der Waals surface area contributed by atoms with E-state index in [0.29, 0.717) is 22.6 Å². The zero-order valence-corrected chi connectivity index (χ0v) is 10.4. The van der Waals surface area contributed by atoms with Crippen molar-refractivity contribution in [1.29, 1.82) is 0 Å². The lowest BCUT2D eigenvalue weighted by Crippen LogP contribution is -2.15. The molecule has 1 rings (SSSR count). The summed E-state index contributed by atoms with van der Waals surface area (Å²) in [6.45, 7) is 3.00. The molecule has 0 aromatic carbocycles. The average molecular weight is 247 g/mol. The van der Waals surface area contributed by atoms with Crippen LogP contribution in [-0.2, 0) is 0 Å². The molecule has 0 aliphatic carbocycles. The van der Waals surface area contributed by atoms with Gasteiger partial charge in [-0.05, 0) is 17.9 Å². The number of nitrogens with two attached hydrogens (primary N) is 1. The summed E-state index contributed by atoms with van der Waals surface area (Å²) in [5.74, 6) is 2.28. The summed E-state index contributed by atoms with van der Waals surface area (Å²) in [5, 5.41) is 3.46. The molecule has 0 radical (unpaired) electrons. The van der Waals surface area contributed by atoms with E-state index in [4.69, 9.17) is 17.3 Å². The monoisotopic (exact) mass is 246 g/mol. The Balaban J connectivity index is 2.54. The van der Waals surface area contributed by atoms with Crippen LogP contribution in [0.2, 0.25) is 5.15 Å². The minimum atomic E-state index is 0.296. The van der Waals surface area contributed by atoms with E-state index in [1.165, 1.54) is 6.33 Å². The predicted molar refractivity (Wildman–Crippen MR) is 67.5 cm³/mol. The lowest BCUT2D eigenvalue weighted by molar-refractivity contribution is 0.699. The third-order valence-electron chi connectivity index (χ3n) is 1.90. The van der Waals surface area contributed by atoms with Crippen LogP contribution < -0.4 is 11.1 Å². The van der Waals surface area contributed by atoms with Crippen molar-refractivity contribution in [2.24, 2.45) is 5.92 Å². The molecule has 1 heterocycles. The second-order valence-corrected chi connectivity index (χ2v) is 4.64. The van der Waals surface area contributed by atoms with E-state index in [0.717, 1.165) is 12.3 Å². The highest BCUT2D eigenvalue weighted by Crippen LogP contribution is 2.22. The number of halogens is 1. The van der Waals surface area contributed by atoms with E-state index in [1.807, 2.05) is 11.8 Å². The van der Waals surface area contributed by atoms with Gasteiger partial charge in [-0.2, -0.15) is 11.8 Å². The highest BCUT2D eigenvalue weighted by molar-refractivity contribution is 7.98. The lowest BCUT2D eigenvalue weighted by Gasteiger charge is -2.12. The molecule has 0 saturated heterocycles. The largest absolute Gasteiger partial charge is 0.393 e. The molecule has 1 aromatic heterocycles. The van der Waals surface area contributed by atoms with Gasteiger partial charge < -0.3 is 11.1 Å². The van der Waals surface area contributed by atoms with Gasteiger partial charge in [0.2, 0.25) is 0 Å². The number of hydrogen-bond acceptors (Lipinski definition) is 5. The van der Waals surface area contributed by atoms with Gasteiger partial charge in [0.05, 0.1) is 0 Å². The molecule has 0 spiro atoms. The third kappa shape index (κ3) is 3.76. The highest BCUT2D eigenvalue weighted by Gasteiger charge is 2.07. The fraction of sp³-hybridized carbons (Fsp3) is 0.556. The molecule has 0 saturated carbocycles. The van der Waals surface area contributed by atoms with Crippen molar-refractivity contribution in [3.05, 3.63) is 11.5 Å². The number of aromatic nitrogens is 2. The van der Waals surface area contributed by atoms with Crippen molar-refractivity contribution in [3.8, 4) is 0 Å². The van der Waals surface area contributed by atoms with Crippen molar-refractivity contribution in [1.82, 2.24) is 9.97 Å². The number of anilines is 2. The van der Waals surface area contributed by atoms with Crippen LogP contribution in [0.1, 0.15) is 6.92 Å². The van der Waals surface area contributed by atoms with Crippen LogP contribution in [-0.4, -0.2) is 28.5 Å². The van der Waals surface area contributed by atoms with Gasteiger partial charge in [-0.3, -0.25) is 0 Å². The summed E-state index contributed by atoms with van der Waals surface area (Å²) in [5.41, 5.74) is 6.13. The van der Waals surface area contributed by atoms with E-state index < -0.39 is 0 Å². The minimum absolute atomic E-state index is 0.296. The summed E-state index contributed by atoms with van der Waals surface area (Å²) in [4.78, 5) is 7.82. The summed E-state index contributed by atoms with van der Waals surface area (Å²) in [6.07, 6.45) is 3.49. The Morgan fingerprint density at radius 1 is 1.60 bits per heavy atom. The first kappa shape index (κ1) is 12.4. The van der Waals surface area contributed by atoms with Crippen molar-refractivity contribution in [3.63, 3.8) is 0 Å². The van der Waals surface area contributed by atoms with Gasteiger partial charge in [0.15, 0.2) is 11.0 Å². The highest BCUT2D eigenvalue weighted by atomic mass is 35.5. The normalized spacial score (nSPS) is 12.5. The van der Waals surface area contributed by atoms with Gasteiger partial charge in [0.25, 0.3) is 0 Å². The quantitative estimate of drug-likeness (QED) is 0.780. The van der Waals surface area contributed by atoms with Gasteiger partial charge >= 0.3 is 0 Å². The maximum absolute atomic E-state index is 5.77.